The van der Waals surface area contributed by atoms with Crippen molar-refractivity contribution in [2.45, 2.75) is 33.8 Å². The molecule has 0 aliphatic heterocycles. The Hall–Kier alpha value is -1.69. The van der Waals surface area contributed by atoms with Crippen molar-refractivity contribution in [2.75, 3.05) is 6.54 Å². The standard InChI is InChI=1S/C13H21N3O3/c1-7(2)10(17)6-14-12(18)11-8(3)9(4)15-16(5)13(11)19/h7,10,17H,6H2,1-5H3,(H,14,18). The molecular formula is C13H21N3O3. The summed E-state index contributed by atoms with van der Waals surface area (Å²) in [6.45, 7) is 7.28. The third-order valence-electron chi connectivity index (χ3n) is 3.19. The van der Waals surface area contributed by atoms with E-state index in [4.69, 9.17) is 0 Å². The van der Waals surface area contributed by atoms with Crippen LogP contribution in [0.2, 0.25) is 0 Å². The van der Waals surface area contributed by atoms with Gasteiger partial charge in [0.2, 0.25) is 0 Å². The van der Waals surface area contributed by atoms with E-state index in [1.165, 1.54) is 7.05 Å². The molecule has 0 saturated heterocycles. The first-order chi connectivity index (χ1) is 8.75. The third kappa shape index (κ3) is 3.41. The van der Waals surface area contributed by atoms with E-state index in [1.54, 1.807) is 13.8 Å². The van der Waals surface area contributed by atoms with Crippen LogP contribution in [0.4, 0.5) is 0 Å². The molecule has 0 aliphatic rings. The Morgan fingerprint density at radius 1 is 1.42 bits per heavy atom. The van der Waals surface area contributed by atoms with Crippen molar-refractivity contribution in [3.8, 4) is 0 Å². The largest absolute Gasteiger partial charge is 0.391 e. The zero-order valence-electron chi connectivity index (χ0n) is 12.0. The number of nitrogens with one attached hydrogen (secondary N) is 1. The van der Waals surface area contributed by atoms with Crippen LogP contribution in [0.1, 0.15) is 35.5 Å². The van der Waals surface area contributed by atoms with Gasteiger partial charge in [-0.25, -0.2) is 4.68 Å². The Bertz CT molecular complexity index is 535. The molecule has 1 amide bonds. The molecule has 1 heterocycles. The molecule has 19 heavy (non-hydrogen) atoms. The number of aliphatic hydroxyl groups is 1. The highest BCUT2D eigenvalue weighted by atomic mass is 16.3. The number of aromatic nitrogens is 2. The molecule has 1 aromatic heterocycles. The molecular weight excluding hydrogens is 246 g/mol. The molecule has 0 saturated carbocycles. The van der Waals surface area contributed by atoms with Crippen LogP contribution in [-0.4, -0.2) is 33.4 Å². The number of rotatable bonds is 4. The van der Waals surface area contributed by atoms with Crippen LogP contribution in [-0.2, 0) is 7.05 Å². The molecule has 6 nitrogen and oxygen atoms in total. The van der Waals surface area contributed by atoms with Gasteiger partial charge in [0.25, 0.3) is 11.5 Å². The summed E-state index contributed by atoms with van der Waals surface area (Å²) in [7, 11) is 1.51. The smallest absolute Gasteiger partial charge is 0.279 e. The summed E-state index contributed by atoms with van der Waals surface area (Å²) in [5, 5.41) is 16.3. The minimum atomic E-state index is -0.629. The average Bonchev–Trinajstić information content (AvgIpc) is 2.33. The summed E-state index contributed by atoms with van der Waals surface area (Å²) in [5.41, 5.74) is 0.863. The summed E-state index contributed by atoms with van der Waals surface area (Å²) in [6.07, 6.45) is -0.629. The highest BCUT2D eigenvalue weighted by Crippen LogP contribution is 2.06. The van der Waals surface area contributed by atoms with Gasteiger partial charge < -0.3 is 10.4 Å². The van der Waals surface area contributed by atoms with Crippen molar-refractivity contribution in [3.05, 3.63) is 27.2 Å². The summed E-state index contributed by atoms with van der Waals surface area (Å²) < 4.78 is 1.15. The number of amides is 1. The number of hydrogen-bond acceptors (Lipinski definition) is 4. The molecule has 0 bridgehead atoms. The van der Waals surface area contributed by atoms with Crippen LogP contribution in [0.3, 0.4) is 0 Å². The predicted octanol–water partition coefficient (Wildman–Crippen LogP) is 0.144. The lowest BCUT2D eigenvalue weighted by Crippen LogP contribution is -2.39. The SMILES string of the molecule is Cc1nn(C)c(=O)c(C(=O)NCC(O)C(C)C)c1C. The van der Waals surface area contributed by atoms with Gasteiger partial charge in [-0.15, -0.1) is 0 Å². The van der Waals surface area contributed by atoms with Crippen molar-refractivity contribution in [3.63, 3.8) is 0 Å². The monoisotopic (exact) mass is 267 g/mol. The van der Waals surface area contributed by atoms with Crippen molar-refractivity contribution in [1.29, 1.82) is 0 Å². The topological polar surface area (TPSA) is 84.2 Å². The highest BCUT2D eigenvalue weighted by Gasteiger charge is 2.19. The van der Waals surface area contributed by atoms with E-state index < -0.39 is 17.6 Å². The van der Waals surface area contributed by atoms with Crippen LogP contribution in [0.15, 0.2) is 4.79 Å². The first-order valence-electron chi connectivity index (χ1n) is 6.26. The van der Waals surface area contributed by atoms with Crippen LogP contribution < -0.4 is 10.9 Å². The number of hydrogen-bond donors (Lipinski definition) is 2. The second kappa shape index (κ2) is 5.97. The Morgan fingerprint density at radius 3 is 2.53 bits per heavy atom. The fourth-order valence-electron chi connectivity index (χ4n) is 1.64. The maximum atomic E-state index is 12.1. The summed E-state index contributed by atoms with van der Waals surface area (Å²) in [5.74, 6) is -0.424. The summed E-state index contributed by atoms with van der Waals surface area (Å²) in [4.78, 5) is 24.0. The number of carbonyl (C=O) groups excluding carboxylic acids is 1. The van der Waals surface area contributed by atoms with Gasteiger partial charge in [0.1, 0.15) is 5.56 Å². The minimum absolute atomic E-state index is 0.0448. The lowest BCUT2D eigenvalue weighted by atomic mass is 10.1. The Balaban J connectivity index is 2.98. The van der Waals surface area contributed by atoms with Gasteiger partial charge in [-0.05, 0) is 25.3 Å². The third-order valence-corrected chi connectivity index (χ3v) is 3.19. The molecule has 1 rings (SSSR count). The lowest BCUT2D eigenvalue weighted by Gasteiger charge is -2.16. The van der Waals surface area contributed by atoms with E-state index >= 15 is 0 Å². The Kier molecular flexibility index (Phi) is 4.83. The van der Waals surface area contributed by atoms with Crippen molar-refractivity contribution >= 4 is 5.91 Å². The molecule has 6 heteroatoms. The van der Waals surface area contributed by atoms with Crippen molar-refractivity contribution < 1.29 is 9.90 Å². The van der Waals surface area contributed by atoms with Crippen molar-refractivity contribution in [1.82, 2.24) is 15.1 Å². The highest BCUT2D eigenvalue weighted by molar-refractivity contribution is 5.95. The zero-order valence-corrected chi connectivity index (χ0v) is 12.0. The number of aryl methyl sites for hydroxylation is 2. The summed E-state index contributed by atoms with van der Waals surface area (Å²) >= 11 is 0. The van der Waals surface area contributed by atoms with Gasteiger partial charge in [-0.3, -0.25) is 9.59 Å². The normalized spacial score (nSPS) is 12.6. The fraction of sp³-hybridized carbons (Fsp3) is 0.615. The van der Waals surface area contributed by atoms with Crippen LogP contribution in [0.5, 0.6) is 0 Å². The zero-order chi connectivity index (χ0) is 14.7. The molecule has 1 atom stereocenters. The van der Waals surface area contributed by atoms with E-state index in [9.17, 15) is 14.7 Å². The molecule has 0 aliphatic carbocycles. The lowest BCUT2D eigenvalue weighted by molar-refractivity contribution is 0.0868. The number of carbonyl (C=O) groups is 1. The molecule has 0 aromatic carbocycles. The van der Waals surface area contributed by atoms with E-state index in [0.29, 0.717) is 11.3 Å². The summed E-state index contributed by atoms with van der Waals surface area (Å²) in [6, 6.07) is 0. The molecule has 0 radical (unpaired) electrons. The second-order valence-corrected chi connectivity index (χ2v) is 5.04. The van der Waals surface area contributed by atoms with E-state index in [0.717, 1.165) is 4.68 Å². The van der Waals surface area contributed by atoms with Gasteiger partial charge in [-0.2, -0.15) is 5.10 Å². The predicted molar refractivity (Wildman–Crippen MR) is 72.1 cm³/mol. The van der Waals surface area contributed by atoms with Crippen LogP contribution in [0, 0.1) is 19.8 Å². The van der Waals surface area contributed by atoms with Gasteiger partial charge in [0.05, 0.1) is 11.8 Å². The van der Waals surface area contributed by atoms with Crippen molar-refractivity contribution in [2.24, 2.45) is 13.0 Å². The molecule has 106 valence electrons. The minimum Gasteiger partial charge on any atom is -0.391 e. The molecule has 2 N–H and O–H groups in total. The molecule has 1 unspecified atom stereocenters. The van der Waals surface area contributed by atoms with Crippen LogP contribution >= 0.6 is 0 Å². The molecule has 0 fully saturated rings. The average molecular weight is 267 g/mol. The maximum absolute atomic E-state index is 12.1. The first kappa shape index (κ1) is 15.4. The van der Waals surface area contributed by atoms with Gasteiger partial charge in [0, 0.05) is 13.6 Å². The molecule has 0 spiro atoms. The second-order valence-electron chi connectivity index (χ2n) is 5.04. The number of aliphatic hydroxyl groups excluding tert-OH is 1. The van der Waals surface area contributed by atoms with E-state index in [-0.39, 0.29) is 18.0 Å². The van der Waals surface area contributed by atoms with Gasteiger partial charge >= 0.3 is 0 Å². The van der Waals surface area contributed by atoms with Crippen LogP contribution in [0.25, 0.3) is 0 Å². The van der Waals surface area contributed by atoms with E-state index in [1.807, 2.05) is 13.8 Å². The van der Waals surface area contributed by atoms with E-state index in [2.05, 4.69) is 10.4 Å². The molecule has 1 aromatic rings. The Labute approximate surface area is 112 Å². The number of nitrogens with zero attached hydrogens (tertiary/aromatic N) is 2. The quantitative estimate of drug-likeness (QED) is 0.813. The fourth-order valence-corrected chi connectivity index (χ4v) is 1.64. The van der Waals surface area contributed by atoms with Gasteiger partial charge in [0.15, 0.2) is 0 Å². The van der Waals surface area contributed by atoms with Gasteiger partial charge in [-0.1, -0.05) is 13.8 Å². The maximum Gasteiger partial charge on any atom is 0.279 e. The Morgan fingerprint density at radius 2 is 2.00 bits per heavy atom. The first-order valence-corrected chi connectivity index (χ1v) is 6.26.